The number of carbonyl (C=O) groups excluding carboxylic acids is 2. The first kappa shape index (κ1) is 18.9. The molecule has 0 unspecified atom stereocenters. The van der Waals surface area contributed by atoms with Crippen molar-refractivity contribution in [1.29, 1.82) is 0 Å². The Hall–Kier alpha value is -3.41. The van der Waals surface area contributed by atoms with Crippen molar-refractivity contribution >= 4 is 28.3 Å². The lowest BCUT2D eigenvalue weighted by atomic mass is 10.0. The highest BCUT2D eigenvalue weighted by Crippen LogP contribution is 2.33. The molecular formula is C23H22N2O4. The SMILES string of the molecule is CCN1C(=O)COc2ccc(C(=O)Cn3c(=O)cc(C)c4cccc(C)c43)cc21. The minimum atomic E-state index is -0.204. The Labute approximate surface area is 168 Å². The predicted octanol–water partition coefficient (Wildman–Crippen LogP) is 3.25. The minimum absolute atomic E-state index is 0.00183. The summed E-state index contributed by atoms with van der Waals surface area (Å²) in [6, 6.07) is 12.5. The van der Waals surface area contributed by atoms with E-state index in [2.05, 4.69) is 0 Å². The van der Waals surface area contributed by atoms with Crippen LogP contribution in [-0.4, -0.2) is 29.4 Å². The summed E-state index contributed by atoms with van der Waals surface area (Å²) in [5.74, 6) is 0.246. The Morgan fingerprint density at radius 3 is 2.62 bits per heavy atom. The Morgan fingerprint density at radius 2 is 1.86 bits per heavy atom. The third kappa shape index (κ3) is 3.20. The van der Waals surface area contributed by atoms with Crippen molar-refractivity contribution in [3.63, 3.8) is 0 Å². The van der Waals surface area contributed by atoms with E-state index in [1.807, 2.05) is 39.0 Å². The second-order valence-corrected chi connectivity index (χ2v) is 7.26. The zero-order chi connectivity index (χ0) is 20.7. The molecule has 29 heavy (non-hydrogen) atoms. The first-order chi connectivity index (χ1) is 13.9. The molecule has 2 aromatic carbocycles. The fourth-order valence-electron chi connectivity index (χ4n) is 3.90. The van der Waals surface area contributed by atoms with E-state index in [0.717, 1.165) is 22.0 Å². The van der Waals surface area contributed by atoms with Crippen LogP contribution >= 0.6 is 0 Å². The van der Waals surface area contributed by atoms with Crippen LogP contribution in [0.4, 0.5) is 5.69 Å². The molecule has 0 bridgehead atoms. The summed E-state index contributed by atoms with van der Waals surface area (Å²) in [7, 11) is 0. The van der Waals surface area contributed by atoms with Crippen molar-refractivity contribution in [3.8, 4) is 5.75 Å². The van der Waals surface area contributed by atoms with Crippen LogP contribution in [0.15, 0.2) is 47.3 Å². The average molecular weight is 390 g/mol. The van der Waals surface area contributed by atoms with Crippen LogP contribution in [0.2, 0.25) is 0 Å². The third-order valence-electron chi connectivity index (χ3n) is 5.38. The number of ketones is 1. The van der Waals surface area contributed by atoms with Crippen LogP contribution in [0.25, 0.3) is 10.9 Å². The quantitative estimate of drug-likeness (QED) is 0.642. The van der Waals surface area contributed by atoms with Gasteiger partial charge in [-0.05, 0) is 50.1 Å². The van der Waals surface area contributed by atoms with Gasteiger partial charge in [-0.25, -0.2) is 0 Å². The fraction of sp³-hybridized carbons (Fsp3) is 0.261. The highest BCUT2D eigenvalue weighted by Gasteiger charge is 2.25. The lowest BCUT2D eigenvalue weighted by Gasteiger charge is -2.28. The Morgan fingerprint density at radius 1 is 1.07 bits per heavy atom. The molecule has 0 radical (unpaired) electrons. The Bertz CT molecular complexity index is 1210. The topological polar surface area (TPSA) is 68.6 Å². The smallest absolute Gasteiger partial charge is 0.265 e. The molecule has 1 aromatic heterocycles. The van der Waals surface area contributed by atoms with Gasteiger partial charge in [0.15, 0.2) is 12.4 Å². The van der Waals surface area contributed by atoms with Gasteiger partial charge >= 0.3 is 0 Å². The van der Waals surface area contributed by atoms with Crippen LogP contribution in [0.5, 0.6) is 5.75 Å². The molecule has 6 nitrogen and oxygen atoms in total. The number of hydrogen-bond acceptors (Lipinski definition) is 4. The number of Topliss-reactive ketones (excluding diaryl/α,β-unsaturated/α-hetero) is 1. The molecule has 0 atom stereocenters. The highest BCUT2D eigenvalue weighted by molar-refractivity contribution is 6.02. The number of rotatable bonds is 4. The Balaban J connectivity index is 1.76. The Kier molecular flexibility index (Phi) is 4.70. The van der Waals surface area contributed by atoms with Gasteiger partial charge < -0.3 is 14.2 Å². The number of carbonyl (C=O) groups is 2. The van der Waals surface area contributed by atoms with Crippen molar-refractivity contribution in [2.24, 2.45) is 0 Å². The maximum atomic E-state index is 13.1. The van der Waals surface area contributed by atoms with Gasteiger partial charge in [0.1, 0.15) is 5.75 Å². The van der Waals surface area contributed by atoms with E-state index < -0.39 is 0 Å². The van der Waals surface area contributed by atoms with Crippen LogP contribution in [-0.2, 0) is 11.3 Å². The number of aromatic nitrogens is 1. The second kappa shape index (κ2) is 7.20. The van der Waals surface area contributed by atoms with E-state index in [1.165, 1.54) is 4.57 Å². The van der Waals surface area contributed by atoms with Gasteiger partial charge in [-0.2, -0.15) is 0 Å². The maximum Gasteiger partial charge on any atom is 0.265 e. The lowest BCUT2D eigenvalue weighted by molar-refractivity contribution is -0.121. The summed E-state index contributed by atoms with van der Waals surface area (Å²) in [5, 5.41) is 0.957. The largest absolute Gasteiger partial charge is 0.482 e. The summed E-state index contributed by atoms with van der Waals surface area (Å²) in [4.78, 5) is 39.4. The van der Waals surface area contributed by atoms with Crippen molar-refractivity contribution in [2.45, 2.75) is 27.3 Å². The van der Waals surface area contributed by atoms with E-state index >= 15 is 0 Å². The number of aryl methyl sites for hydroxylation is 2. The molecule has 6 heteroatoms. The first-order valence-corrected chi connectivity index (χ1v) is 9.61. The van der Waals surface area contributed by atoms with Crippen LogP contribution in [0, 0.1) is 13.8 Å². The zero-order valence-electron chi connectivity index (χ0n) is 16.7. The molecule has 0 saturated carbocycles. The number of nitrogens with zero attached hydrogens (tertiary/aromatic N) is 2. The van der Waals surface area contributed by atoms with Crippen LogP contribution in [0.1, 0.15) is 28.4 Å². The molecule has 0 saturated heterocycles. The number of fused-ring (bicyclic) bond motifs is 2. The van der Waals surface area contributed by atoms with Gasteiger partial charge in [-0.1, -0.05) is 18.2 Å². The summed E-state index contributed by atoms with van der Waals surface area (Å²) in [5.41, 5.74) is 3.43. The van der Waals surface area contributed by atoms with Crippen molar-refractivity contribution in [1.82, 2.24) is 4.57 Å². The molecule has 1 aliphatic rings. The number of benzene rings is 2. The van der Waals surface area contributed by atoms with Crippen LogP contribution in [0.3, 0.4) is 0 Å². The normalized spacial score (nSPS) is 13.3. The van der Waals surface area contributed by atoms with Gasteiger partial charge in [0.25, 0.3) is 11.5 Å². The highest BCUT2D eigenvalue weighted by atomic mass is 16.5. The number of amides is 1. The van der Waals surface area contributed by atoms with Crippen molar-refractivity contribution in [3.05, 3.63) is 69.5 Å². The van der Waals surface area contributed by atoms with Crippen LogP contribution < -0.4 is 15.2 Å². The minimum Gasteiger partial charge on any atom is -0.482 e. The second-order valence-electron chi connectivity index (χ2n) is 7.26. The zero-order valence-corrected chi connectivity index (χ0v) is 16.7. The van der Waals surface area contributed by atoms with E-state index in [9.17, 15) is 14.4 Å². The van der Waals surface area contributed by atoms with Gasteiger partial charge in [0, 0.05) is 23.6 Å². The van der Waals surface area contributed by atoms with Gasteiger partial charge in [0.05, 0.1) is 17.7 Å². The summed E-state index contributed by atoms with van der Waals surface area (Å²) in [6.45, 7) is 6.13. The van der Waals surface area contributed by atoms with Crippen molar-refractivity contribution in [2.75, 3.05) is 18.1 Å². The molecule has 2 heterocycles. The number of pyridine rings is 1. The molecule has 1 aliphatic heterocycles. The molecule has 0 aliphatic carbocycles. The van der Waals surface area contributed by atoms with Crippen molar-refractivity contribution < 1.29 is 14.3 Å². The third-order valence-corrected chi connectivity index (χ3v) is 5.38. The number of likely N-dealkylation sites (N-methyl/N-ethyl adjacent to an activating group) is 1. The summed E-state index contributed by atoms with van der Waals surface area (Å²) in [6.07, 6.45) is 0. The predicted molar refractivity (Wildman–Crippen MR) is 112 cm³/mol. The van der Waals surface area contributed by atoms with E-state index in [0.29, 0.717) is 23.5 Å². The molecule has 3 aromatic rings. The molecule has 1 amide bonds. The number of ether oxygens (including phenoxy) is 1. The van der Waals surface area contributed by atoms with E-state index in [-0.39, 0.29) is 30.4 Å². The summed E-state index contributed by atoms with van der Waals surface area (Å²) >= 11 is 0. The molecular weight excluding hydrogens is 368 g/mol. The molecule has 4 rings (SSSR count). The number of anilines is 1. The van der Waals surface area contributed by atoms with E-state index in [4.69, 9.17) is 4.74 Å². The number of hydrogen-bond donors (Lipinski definition) is 0. The molecule has 0 N–H and O–H groups in total. The van der Waals surface area contributed by atoms with Gasteiger partial charge in [0.2, 0.25) is 0 Å². The monoisotopic (exact) mass is 390 g/mol. The average Bonchev–Trinajstić information content (AvgIpc) is 2.70. The van der Waals surface area contributed by atoms with Gasteiger partial charge in [-0.3, -0.25) is 14.4 Å². The summed E-state index contributed by atoms with van der Waals surface area (Å²) < 4.78 is 7.00. The first-order valence-electron chi connectivity index (χ1n) is 9.61. The maximum absolute atomic E-state index is 13.1. The lowest BCUT2D eigenvalue weighted by Crippen LogP contribution is -2.38. The standard InChI is InChI=1S/C23H22N2O4/c1-4-24-18-11-16(8-9-20(18)29-13-22(24)28)19(26)12-25-21(27)10-15(3)17-7-5-6-14(2)23(17)25/h5-11H,4,12-13H2,1-3H3. The molecule has 0 fully saturated rings. The van der Waals surface area contributed by atoms with Gasteiger partial charge in [-0.15, -0.1) is 0 Å². The molecule has 0 spiro atoms. The molecule has 148 valence electrons. The fourth-order valence-corrected chi connectivity index (χ4v) is 3.90. The van der Waals surface area contributed by atoms with E-state index in [1.54, 1.807) is 29.2 Å². The number of para-hydroxylation sites is 1.